The fraction of sp³-hybridized carbons (Fsp3) is 0.409. The van der Waals surface area contributed by atoms with Crippen molar-refractivity contribution in [2.24, 2.45) is 0 Å². The average Bonchev–Trinajstić information content (AvgIpc) is 3.26. The van der Waals surface area contributed by atoms with E-state index in [4.69, 9.17) is 14.2 Å². The first-order valence-electron chi connectivity index (χ1n) is 9.70. The van der Waals surface area contributed by atoms with E-state index < -0.39 is 0 Å². The molecule has 28 heavy (non-hydrogen) atoms. The number of rotatable bonds is 5. The van der Waals surface area contributed by atoms with E-state index in [9.17, 15) is 9.18 Å². The molecule has 2 aromatic rings. The molecule has 0 aliphatic carbocycles. The second kappa shape index (κ2) is 8.71. The zero-order chi connectivity index (χ0) is 19.3. The van der Waals surface area contributed by atoms with Crippen molar-refractivity contribution in [2.45, 2.75) is 25.0 Å². The topological polar surface area (TPSA) is 48.0 Å². The van der Waals surface area contributed by atoms with Crippen molar-refractivity contribution >= 4 is 5.91 Å². The molecule has 1 amide bonds. The fourth-order valence-corrected chi connectivity index (χ4v) is 3.58. The highest BCUT2D eigenvalue weighted by Crippen LogP contribution is 2.24. The molecular weight excluding hydrogens is 361 g/mol. The van der Waals surface area contributed by atoms with Gasteiger partial charge in [0.1, 0.15) is 24.3 Å². The molecule has 2 aliphatic heterocycles. The number of amides is 1. The molecule has 2 aromatic carbocycles. The molecular formula is C22H24FNO4. The van der Waals surface area contributed by atoms with Gasteiger partial charge in [0, 0.05) is 18.7 Å². The summed E-state index contributed by atoms with van der Waals surface area (Å²) in [5.74, 6) is 0.329. The van der Waals surface area contributed by atoms with Crippen molar-refractivity contribution < 1.29 is 23.4 Å². The molecule has 0 bridgehead atoms. The van der Waals surface area contributed by atoms with E-state index in [-0.39, 0.29) is 23.9 Å². The number of hydrogen-bond donors (Lipinski definition) is 0. The smallest absolute Gasteiger partial charge is 0.254 e. The van der Waals surface area contributed by atoms with Crippen LogP contribution in [0, 0.1) is 5.82 Å². The van der Waals surface area contributed by atoms with E-state index >= 15 is 0 Å². The lowest BCUT2D eigenvalue weighted by molar-refractivity contribution is -0.0228. The van der Waals surface area contributed by atoms with Crippen molar-refractivity contribution in [3.8, 4) is 5.75 Å². The first-order chi connectivity index (χ1) is 13.7. The molecule has 6 heteroatoms. The van der Waals surface area contributed by atoms with Gasteiger partial charge in [-0.05, 0) is 48.7 Å². The van der Waals surface area contributed by atoms with Crippen LogP contribution in [0.25, 0.3) is 0 Å². The normalized spacial score (nSPS) is 22.2. The molecule has 2 fully saturated rings. The Bertz CT molecular complexity index is 804. The van der Waals surface area contributed by atoms with E-state index in [1.54, 1.807) is 29.2 Å². The quantitative estimate of drug-likeness (QED) is 0.789. The van der Waals surface area contributed by atoms with Crippen LogP contribution >= 0.6 is 0 Å². The summed E-state index contributed by atoms with van der Waals surface area (Å²) in [7, 11) is 0. The summed E-state index contributed by atoms with van der Waals surface area (Å²) in [6.45, 7) is 2.70. The molecule has 2 heterocycles. The predicted octanol–water partition coefficient (Wildman–Crippen LogP) is 3.60. The number of carbonyl (C=O) groups excluding carboxylic acids is 1. The number of morpholine rings is 1. The van der Waals surface area contributed by atoms with Crippen LogP contribution in [0.3, 0.4) is 0 Å². The second-order valence-corrected chi connectivity index (χ2v) is 7.14. The van der Waals surface area contributed by atoms with Gasteiger partial charge in [-0.1, -0.05) is 18.2 Å². The van der Waals surface area contributed by atoms with Crippen LogP contribution in [0.5, 0.6) is 5.75 Å². The van der Waals surface area contributed by atoms with Gasteiger partial charge in [0.15, 0.2) is 0 Å². The fourth-order valence-electron chi connectivity index (χ4n) is 3.58. The third-order valence-corrected chi connectivity index (χ3v) is 5.14. The van der Waals surface area contributed by atoms with Crippen LogP contribution in [0.2, 0.25) is 0 Å². The second-order valence-electron chi connectivity index (χ2n) is 7.14. The molecule has 0 radical (unpaired) electrons. The minimum atomic E-state index is -0.285. The summed E-state index contributed by atoms with van der Waals surface area (Å²) in [5, 5.41) is 0. The lowest BCUT2D eigenvalue weighted by Crippen LogP contribution is -2.42. The largest absolute Gasteiger partial charge is 0.491 e. The highest BCUT2D eigenvalue weighted by Gasteiger charge is 2.26. The predicted molar refractivity (Wildman–Crippen MR) is 102 cm³/mol. The van der Waals surface area contributed by atoms with E-state index in [0.29, 0.717) is 37.6 Å². The Balaban J connectivity index is 1.40. The Morgan fingerprint density at radius 2 is 2.00 bits per heavy atom. The maximum Gasteiger partial charge on any atom is 0.254 e. The minimum Gasteiger partial charge on any atom is -0.491 e. The summed E-state index contributed by atoms with van der Waals surface area (Å²) in [5.41, 5.74) is 1.46. The van der Waals surface area contributed by atoms with E-state index in [2.05, 4.69) is 0 Å². The number of ether oxygens (including phenoxy) is 3. The van der Waals surface area contributed by atoms with Crippen LogP contribution in [-0.2, 0) is 9.47 Å². The Labute approximate surface area is 164 Å². The minimum absolute atomic E-state index is 0.0574. The van der Waals surface area contributed by atoms with Gasteiger partial charge >= 0.3 is 0 Å². The van der Waals surface area contributed by atoms with Gasteiger partial charge in [-0.15, -0.1) is 0 Å². The highest BCUT2D eigenvalue weighted by molar-refractivity contribution is 5.94. The highest BCUT2D eigenvalue weighted by atomic mass is 19.1. The van der Waals surface area contributed by atoms with Crippen molar-refractivity contribution in [1.82, 2.24) is 4.90 Å². The van der Waals surface area contributed by atoms with Crippen LogP contribution < -0.4 is 4.74 Å². The standard InChI is InChI=1S/C22H24FNO4/c23-18-8-6-16(7-9-18)21-14-24(10-12-27-21)22(25)17-3-1-4-19(13-17)28-15-20-5-2-11-26-20/h1,3-4,6-9,13,20-21H,2,5,10-12,14-15H2. The third-order valence-electron chi connectivity index (χ3n) is 5.14. The van der Waals surface area contributed by atoms with Crippen LogP contribution in [0.1, 0.15) is 34.9 Å². The Hall–Kier alpha value is -2.44. The number of hydrogen-bond acceptors (Lipinski definition) is 4. The van der Waals surface area contributed by atoms with Crippen LogP contribution in [-0.4, -0.2) is 49.8 Å². The zero-order valence-electron chi connectivity index (χ0n) is 15.7. The van der Waals surface area contributed by atoms with Gasteiger partial charge in [0.2, 0.25) is 0 Å². The average molecular weight is 385 g/mol. The maximum absolute atomic E-state index is 13.2. The van der Waals surface area contributed by atoms with Gasteiger partial charge in [-0.25, -0.2) is 4.39 Å². The van der Waals surface area contributed by atoms with E-state index in [1.807, 2.05) is 12.1 Å². The molecule has 2 aliphatic rings. The monoisotopic (exact) mass is 385 g/mol. The van der Waals surface area contributed by atoms with Crippen molar-refractivity contribution in [3.63, 3.8) is 0 Å². The van der Waals surface area contributed by atoms with Crippen molar-refractivity contribution in [3.05, 3.63) is 65.5 Å². The van der Waals surface area contributed by atoms with Gasteiger partial charge in [0.25, 0.3) is 5.91 Å². The van der Waals surface area contributed by atoms with Crippen molar-refractivity contribution in [2.75, 3.05) is 32.9 Å². The van der Waals surface area contributed by atoms with Gasteiger partial charge in [0.05, 0.1) is 19.3 Å². The molecule has 2 saturated heterocycles. The van der Waals surface area contributed by atoms with Crippen LogP contribution in [0.4, 0.5) is 4.39 Å². The lowest BCUT2D eigenvalue weighted by Gasteiger charge is -2.33. The maximum atomic E-state index is 13.2. The summed E-state index contributed by atoms with van der Waals surface area (Å²) < 4.78 is 30.3. The third kappa shape index (κ3) is 4.51. The van der Waals surface area contributed by atoms with E-state index in [0.717, 1.165) is 25.0 Å². The van der Waals surface area contributed by atoms with Gasteiger partial charge < -0.3 is 19.1 Å². The molecule has 5 nitrogen and oxygen atoms in total. The molecule has 0 N–H and O–H groups in total. The summed E-state index contributed by atoms with van der Waals surface area (Å²) >= 11 is 0. The molecule has 2 atom stereocenters. The molecule has 0 spiro atoms. The molecule has 0 saturated carbocycles. The molecule has 0 aromatic heterocycles. The number of benzene rings is 2. The Morgan fingerprint density at radius 3 is 2.79 bits per heavy atom. The zero-order valence-corrected chi connectivity index (χ0v) is 15.7. The lowest BCUT2D eigenvalue weighted by atomic mass is 10.1. The van der Waals surface area contributed by atoms with Crippen LogP contribution in [0.15, 0.2) is 48.5 Å². The Kier molecular flexibility index (Phi) is 5.88. The summed E-state index contributed by atoms with van der Waals surface area (Å²) in [6.07, 6.45) is 1.96. The molecule has 4 rings (SSSR count). The SMILES string of the molecule is O=C(c1cccc(OCC2CCCO2)c1)N1CCOC(c2ccc(F)cc2)C1. The number of halogens is 1. The van der Waals surface area contributed by atoms with Gasteiger partial charge in [-0.2, -0.15) is 0 Å². The number of carbonyl (C=O) groups is 1. The van der Waals surface area contributed by atoms with Gasteiger partial charge in [-0.3, -0.25) is 4.79 Å². The molecule has 2 unspecified atom stereocenters. The first-order valence-corrected chi connectivity index (χ1v) is 9.70. The van der Waals surface area contributed by atoms with E-state index in [1.165, 1.54) is 12.1 Å². The summed E-state index contributed by atoms with van der Waals surface area (Å²) in [4.78, 5) is 14.7. The van der Waals surface area contributed by atoms with Crippen molar-refractivity contribution in [1.29, 1.82) is 0 Å². The molecule has 148 valence electrons. The first kappa shape index (κ1) is 18.9. The Morgan fingerprint density at radius 1 is 1.14 bits per heavy atom. The summed E-state index contributed by atoms with van der Waals surface area (Å²) in [6, 6.07) is 13.5. The number of nitrogens with zero attached hydrogens (tertiary/aromatic N) is 1.